The molecule has 128 valence electrons. The van der Waals surface area contributed by atoms with Crippen LogP contribution in [0.1, 0.15) is 33.3 Å². The van der Waals surface area contributed by atoms with Crippen LogP contribution in [0.4, 0.5) is 0 Å². The Morgan fingerprint density at radius 1 is 1.26 bits per heavy atom. The summed E-state index contributed by atoms with van der Waals surface area (Å²) >= 11 is 0. The molecule has 0 fully saturated rings. The summed E-state index contributed by atoms with van der Waals surface area (Å²) < 4.78 is 11.2. The van der Waals surface area contributed by atoms with E-state index >= 15 is 0 Å². The number of hydrogen-bond acceptors (Lipinski definition) is 4. The molecular weight excluding hydrogens is 294 g/mol. The molecule has 0 spiro atoms. The molecule has 5 heteroatoms. The second kappa shape index (κ2) is 9.20. The predicted octanol–water partition coefficient (Wildman–Crippen LogP) is 0.539. The van der Waals surface area contributed by atoms with E-state index in [1.165, 1.54) is 11.0 Å². The van der Waals surface area contributed by atoms with Gasteiger partial charge in [-0.1, -0.05) is 12.1 Å². The highest BCUT2D eigenvalue weighted by molar-refractivity contribution is 5.84. The average Bonchev–Trinajstić information content (AvgIpc) is 2.48. The van der Waals surface area contributed by atoms with Gasteiger partial charge in [0, 0.05) is 5.56 Å². The summed E-state index contributed by atoms with van der Waals surface area (Å²) in [7, 11) is 1.56. The van der Waals surface area contributed by atoms with Gasteiger partial charge in [0.15, 0.2) is 11.5 Å². The standard InChI is InChI=1S/C18H27NO4/c1-13(2)19(14(3)4)11-12-23-18-15(9-10-17(20)21)7-6-8-16(18)22-5/h6-10,13-14H,11-12H2,1-5H3,(H,20,21)/b10-9+. The molecule has 1 aromatic rings. The molecule has 0 saturated carbocycles. The highest BCUT2D eigenvalue weighted by Crippen LogP contribution is 2.31. The van der Waals surface area contributed by atoms with Crippen molar-refractivity contribution in [2.24, 2.45) is 0 Å². The van der Waals surface area contributed by atoms with Crippen LogP contribution in [0.25, 0.3) is 6.08 Å². The quantitative estimate of drug-likeness (QED) is 0.674. The molecule has 0 aliphatic rings. The minimum Gasteiger partial charge on any atom is -0.545 e. The number of carbonyl (C=O) groups excluding carboxylic acids is 1. The molecule has 1 aromatic carbocycles. The van der Waals surface area contributed by atoms with E-state index in [2.05, 4.69) is 27.7 Å². The van der Waals surface area contributed by atoms with Crippen LogP contribution in [0.5, 0.6) is 11.5 Å². The third-order valence-corrected chi connectivity index (χ3v) is 3.75. The lowest BCUT2D eigenvalue weighted by molar-refractivity contribution is -0.942. The van der Waals surface area contributed by atoms with Crippen LogP contribution in [-0.2, 0) is 4.79 Å². The van der Waals surface area contributed by atoms with Gasteiger partial charge < -0.3 is 24.3 Å². The van der Waals surface area contributed by atoms with Crippen molar-refractivity contribution in [3.05, 3.63) is 29.8 Å². The lowest BCUT2D eigenvalue weighted by Crippen LogP contribution is -3.18. The Morgan fingerprint density at radius 2 is 1.91 bits per heavy atom. The maximum absolute atomic E-state index is 10.6. The molecular formula is C18H27NO4. The van der Waals surface area contributed by atoms with Gasteiger partial charge in [0.2, 0.25) is 0 Å². The first-order valence-corrected chi connectivity index (χ1v) is 7.91. The van der Waals surface area contributed by atoms with Crippen LogP contribution in [-0.4, -0.2) is 38.3 Å². The van der Waals surface area contributed by atoms with Crippen LogP contribution in [0.2, 0.25) is 0 Å². The van der Waals surface area contributed by atoms with Crippen molar-refractivity contribution in [1.29, 1.82) is 0 Å². The third kappa shape index (κ3) is 5.94. The Bertz CT molecular complexity index is 530. The number of ether oxygens (including phenoxy) is 2. The number of carboxylic acids is 1. The molecule has 0 heterocycles. The van der Waals surface area contributed by atoms with E-state index < -0.39 is 5.97 Å². The number of carbonyl (C=O) groups is 1. The molecule has 0 aliphatic heterocycles. The first-order valence-electron chi connectivity index (χ1n) is 7.91. The lowest BCUT2D eigenvalue weighted by Gasteiger charge is -2.27. The number of carboxylic acid groups (broad SMARTS) is 1. The Hall–Kier alpha value is -2.01. The minimum absolute atomic E-state index is 0.508. The number of quaternary nitrogens is 1. The maximum atomic E-state index is 10.6. The molecule has 0 saturated heterocycles. The summed E-state index contributed by atoms with van der Waals surface area (Å²) in [6.07, 6.45) is 2.45. The Balaban J connectivity index is 2.87. The average molecular weight is 321 g/mol. The Kier molecular flexibility index (Phi) is 7.62. The lowest BCUT2D eigenvalue weighted by atomic mass is 10.1. The van der Waals surface area contributed by atoms with Crippen LogP contribution >= 0.6 is 0 Å². The van der Waals surface area contributed by atoms with Crippen molar-refractivity contribution in [1.82, 2.24) is 0 Å². The van der Waals surface area contributed by atoms with E-state index in [1.807, 2.05) is 0 Å². The van der Waals surface area contributed by atoms with Gasteiger partial charge in [0.1, 0.15) is 13.2 Å². The second-order valence-electron chi connectivity index (χ2n) is 6.01. The second-order valence-corrected chi connectivity index (χ2v) is 6.01. The van der Waals surface area contributed by atoms with Crippen LogP contribution in [0, 0.1) is 0 Å². The molecule has 0 aromatic heterocycles. The van der Waals surface area contributed by atoms with Gasteiger partial charge in [-0.3, -0.25) is 0 Å². The smallest absolute Gasteiger partial charge is 0.168 e. The highest BCUT2D eigenvalue weighted by atomic mass is 16.5. The van der Waals surface area contributed by atoms with Gasteiger partial charge in [-0.15, -0.1) is 0 Å². The largest absolute Gasteiger partial charge is 0.545 e. The summed E-state index contributed by atoms with van der Waals surface area (Å²) in [6, 6.07) is 6.39. The summed E-state index contributed by atoms with van der Waals surface area (Å²) in [6.45, 7) is 10.1. The highest BCUT2D eigenvalue weighted by Gasteiger charge is 2.17. The monoisotopic (exact) mass is 321 g/mol. The number of para-hydroxylation sites is 1. The fraction of sp³-hybridized carbons (Fsp3) is 0.500. The van der Waals surface area contributed by atoms with Crippen molar-refractivity contribution < 1.29 is 24.3 Å². The van der Waals surface area contributed by atoms with E-state index in [-0.39, 0.29) is 0 Å². The number of rotatable bonds is 9. The molecule has 1 N–H and O–H groups in total. The first kappa shape index (κ1) is 19.0. The minimum atomic E-state index is -1.24. The van der Waals surface area contributed by atoms with Crippen molar-refractivity contribution in [3.63, 3.8) is 0 Å². The number of nitrogens with one attached hydrogen (secondary N) is 1. The molecule has 0 bridgehead atoms. The van der Waals surface area contributed by atoms with E-state index in [4.69, 9.17) is 9.47 Å². The van der Waals surface area contributed by atoms with Crippen molar-refractivity contribution >= 4 is 12.0 Å². The van der Waals surface area contributed by atoms with Crippen molar-refractivity contribution in [3.8, 4) is 11.5 Å². The fourth-order valence-electron chi connectivity index (χ4n) is 2.65. The van der Waals surface area contributed by atoms with Crippen molar-refractivity contribution in [2.75, 3.05) is 20.3 Å². The normalized spacial score (nSPS) is 11.7. The fourth-order valence-corrected chi connectivity index (χ4v) is 2.65. The number of methoxy groups -OCH3 is 1. The molecule has 5 nitrogen and oxygen atoms in total. The van der Waals surface area contributed by atoms with Gasteiger partial charge in [-0.05, 0) is 45.9 Å². The third-order valence-electron chi connectivity index (χ3n) is 3.75. The van der Waals surface area contributed by atoms with Crippen LogP contribution in [0.15, 0.2) is 24.3 Å². The van der Waals surface area contributed by atoms with E-state index in [0.717, 1.165) is 12.6 Å². The predicted molar refractivity (Wildman–Crippen MR) is 88.6 cm³/mol. The van der Waals surface area contributed by atoms with Gasteiger partial charge in [-0.25, -0.2) is 0 Å². The Labute approximate surface area is 138 Å². The van der Waals surface area contributed by atoms with Gasteiger partial charge in [0.05, 0.1) is 25.2 Å². The molecule has 0 unspecified atom stereocenters. The zero-order chi connectivity index (χ0) is 17.4. The first-order chi connectivity index (χ1) is 10.9. The number of aliphatic carboxylic acids is 1. The molecule has 0 radical (unpaired) electrons. The summed E-state index contributed by atoms with van der Waals surface area (Å²) in [4.78, 5) is 12.1. The summed E-state index contributed by atoms with van der Waals surface area (Å²) in [5.74, 6) is -0.102. The molecule has 0 atom stereocenters. The zero-order valence-corrected chi connectivity index (χ0v) is 14.6. The van der Waals surface area contributed by atoms with Crippen molar-refractivity contribution in [2.45, 2.75) is 39.8 Å². The molecule has 0 aliphatic carbocycles. The summed E-state index contributed by atoms with van der Waals surface area (Å²) in [5.41, 5.74) is 0.657. The SMILES string of the molecule is COc1cccc(/C=C/C(=O)[O-])c1OCC[NH+](C(C)C)C(C)C. The van der Waals surface area contributed by atoms with E-state index in [0.29, 0.717) is 35.8 Å². The molecule has 0 amide bonds. The number of benzene rings is 1. The van der Waals surface area contributed by atoms with Crippen LogP contribution < -0.4 is 19.5 Å². The van der Waals surface area contributed by atoms with Gasteiger partial charge in [-0.2, -0.15) is 0 Å². The summed E-state index contributed by atoms with van der Waals surface area (Å²) in [5, 5.41) is 10.6. The van der Waals surface area contributed by atoms with E-state index in [9.17, 15) is 9.90 Å². The molecule has 1 rings (SSSR count). The molecule has 23 heavy (non-hydrogen) atoms. The van der Waals surface area contributed by atoms with Gasteiger partial charge in [0.25, 0.3) is 0 Å². The maximum Gasteiger partial charge on any atom is 0.168 e. The van der Waals surface area contributed by atoms with Crippen LogP contribution in [0.3, 0.4) is 0 Å². The topological polar surface area (TPSA) is 63.0 Å². The Morgan fingerprint density at radius 3 is 2.43 bits per heavy atom. The zero-order valence-electron chi connectivity index (χ0n) is 14.6. The van der Waals surface area contributed by atoms with E-state index in [1.54, 1.807) is 25.3 Å². The van der Waals surface area contributed by atoms with Gasteiger partial charge >= 0.3 is 0 Å². The number of hydrogen-bond donors (Lipinski definition) is 1.